The van der Waals surface area contributed by atoms with Crippen LogP contribution in [0.5, 0.6) is 0 Å². The lowest BCUT2D eigenvalue weighted by Crippen LogP contribution is -2.46. The van der Waals surface area contributed by atoms with Gasteiger partial charge in [0.15, 0.2) is 0 Å². The van der Waals surface area contributed by atoms with E-state index in [4.69, 9.17) is 9.79 Å². The molecule has 0 aromatic heterocycles. The molecule has 1 unspecified atom stereocenters. The molecule has 2 N–H and O–H groups in total. The fourth-order valence-electron chi connectivity index (χ4n) is 1.37. The number of hydrogen-bond donors (Lipinski definition) is 2. The van der Waals surface area contributed by atoms with Crippen LogP contribution in [0.2, 0.25) is 0 Å². The van der Waals surface area contributed by atoms with E-state index in [0.29, 0.717) is 12.5 Å². The topological polar surface area (TPSA) is 57.5 Å². The first kappa shape index (κ1) is 15.1. The van der Waals surface area contributed by atoms with Crippen molar-refractivity contribution in [3.8, 4) is 0 Å². The molecule has 5 heteroatoms. The number of nitrogens with zero attached hydrogens (tertiary/aromatic N) is 1. The molecule has 0 fully saturated rings. The molecule has 92 valence electrons. The average Bonchev–Trinajstić information content (AvgIpc) is 2.10. The van der Waals surface area contributed by atoms with Crippen molar-refractivity contribution in [1.82, 2.24) is 0 Å². The molecule has 0 aromatic carbocycles. The van der Waals surface area contributed by atoms with Gasteiger partial charge in [0.1, 0.15) is 0 Å². The van der Waals surface area contributed by atoms with Crippen molar-refractivity contribution in [2.75, 3.05) is 32.8 Å². The third-order valence-corrected chi connectivity index (χ3v) is 3.72. The first-order valence-electron chi connectivity index (χ1n) is 5.56. The van der Waals surface area contributed by atoms with Gasteiger partial charge in [0, 0.05) is 0 Å². The molecule has 0 rings (SSSR count). The molecule has 0 saturated carbocycles. The van der Waals surface area contributed by atoms with Crippen molar-refractivity contribution in [3.63, 3.8) is 0 Å². The van der Waals surface area contributed by atoms with E-state index >= 15 is 0 Å². The van der Waals surface area contributed by atoms with Crippen molar-refractivity contribution in [2.45, 2.75) is 27.2 Å². The monoisotopic (exact) mass is 238 g/mol. The van der Waals surface area contributed by atoms with E-state index in [9.17, 15) is 4.57 Å². The minimum absolute atomic E-state index is 0.00453. The van der Waals surface area contributed by atoms with Crippen LogP contribution in [0.1, 0.15) is 27.2 Å². The molecular weight excluding hydrogens is 213 g/mol. The van der Waals surface area contributed by atoms with Crippen LogP contribution in [0.15, 0.2) is 0 Å². The van der Waals surface area contributed by atoms with Gasteiger partial charge >= 0.3 is 7.60 Å². The summed E-state index contributed by atoms with van der Waals surface area (Å²) in [6.45, 7) is 8.89. The molecule has 0 saturated heterocycles. The molecule has 1 atom stereocenters. The van der Waals surface area contributed by atoms with Gasteiger partial charge < -0.3 is 14.3 Å². The molecule has 0 heterocycles. The van der Waals surface area contributed by atoms with E-state index in [-0.39, 0.29) is 6.16 Å². The predicted molar refractivity (Wildman–Crippen MR) is 62.8 cm³/mol. The summed E-state index contributed by atoms with van der Waals surface area (Å²) in [4.78, 5) is 17.7. The second kappa shape index (κ2) is 6.00. The highest BCUT2D eigenvalue weighted by Gasteiger charge is 2.24. The number of rotatable bonds is 7. The average molecular weight is 238 g/mol. The Hall–Kier alpha value is 0.110. The first-order chi connectivity index (χ1) is 6.68. The summed E-state index contributed by atoms with van der Waals surface area (Å²) in [6, 6.07) is 0. The van der Waals surface area contributed by atoms with Gasteiger partial charge in [0.25, 0.3) is 0 Å². The van der Waals surface area contributed by atoms with Crippen molar-refractivity contribution in [2.24, 2.45) is 5.92 Å². The Morgan fingerprint density at radius 3 is 2.13 bits per heavy atom. The summed E-state index contributed by atoms with van der Waals surface area (Å²) >= 11 is 0. The van der Waals surface area contributed by atoms with E-state index < -0.39 is 7.60 Å². The summed E-state index contributed by atoms with van der Waals surface area (Å²) in [7, 11) is -1.77. The summed E-state index contributed by atoms with van der Waals surface area (Å²) in [6.07, 6.45) is 1.10. The van der Waals surface area contributed by atoms with Gasteiger partial charge in [-0.3, -0.25) is 4.57 Å². The highest BCUT2D eigenvalue weighted by atomic mass is 31.2. The third-order valence-electron chi connectivity index (χ3n) is 2.94. The molecule has 15 heavy (non-hydrogen) atoms. The second-order valence-corrected chi connectivity index (χ2v) is 6.73. The van der Waals surface area contributed by atoms with E-state index in [2.05, 4.69) is 27.8 Å². The number of hydrogen-bond acceptors (Lipinski definition) is 1. The molecule has 0 radical (unpaired) electrons. The normalized spacial score (nSPS) is 16.7. The quantitative estimate of drug-likeness (QED) is 0.524. The van der Waals surface area contributed by atoms with Crippen molar-refractivity contribution in [3.05, 3.63) is 0 Å². The predicted octanol–water partition coefficient (Wildman–Crippen LogP) is 1.68. The van der Waals surface area contributed by atoms with Gasteiger partial charge in [-0.05, 0) is 19.3 Å². The summed E-state index contributed by atoms with van der Waals surface area (Å²) in [5, 5.41) is 0. The van der Waals surface area contributed by atoms with Crippen molar-refractivity contribution < 1.29 is 18.8 Å². The van der Waals surface area contributed by atoms with Gasteiger partial charge in [-0.1, -0.05) is 13.8 Å². The zero-order chi connectivity index (χ0) is 12.1. The van der Waals surface area contributed by atoms with Crippen molar-refractivity contribution in [1.29, 1.82) is 0 Å². The highest BCUT2D eigenvalue weighted by molar-refractivity contribution is 7.51. The molecule has 0 aromatic rings. The zero-order valence-electron chi connectivity index (χ0n) is 10.3. The van der Waals surface area contributed by atoms with Crippen LogP contribution in [0.25, 0.3) is 0 Å². The first-order valence-corrected chi connectivity index (χ1v) is 7.36. The Bertz CT molecular complexity index is 227. The van der Waals surface area contributed by atoms with Crippen LogP contribution < -0.4 is 0 Å². The van der Waals surface area contributed by atoms with Crippen LogP contribution in [0, 0.1) is 5.92 Å². The molecule has 4 nitrogen and oxygen atoms in total. The maximum absolute atomic E-state index is 10.8. The summed E-state index contributed by atoms with van der Waals surface area (Å²) in [5.74, 6) is 0.643. The smallest absolute Gasteiger partial charge is 0.326 e. The zero-order valence-corrected chi connectivity index (χ0v) is 11.2. The Morgan fingerprint density at radius 1 is 1.27 bits per heavy atom. The van der Waals surface area contributed by atoms with Crippen molar-refractivity contribution >= 4 is 7.60 Å². The Balaban J connectivity index is 4.13. The minimum atomic E-state index is -3.84. The minimum Gasteiger partial charge on any atom is -0.326 e. The van der Waals surface area contributed by atoms with Gasteiger partial charge in [-0.25, -0.2) is 0 Å². The maximum atomic E-state index is 10.8. The Morgan fingerprint density at radius 2 is 1.80 bits per heavy atom. The van der Waals surface area contributed by atoms with Crippen LogP contribution in [0.3, 0.4) is 0 Å². The maximum Gasteiger partial charge on any atom is 0.331 e. The van der Waals surface area contributed by atoms with Gasteiger partial charge in [0.2, 0.25) is 0 Å². The fourth-order valence-corrected chi connectivity index (χ4v) is 2.11. The largest absolute Gasteiger partial charge is 0.331 e. The van der Waals surface area contributed by atoms with E-state index in [1.54, 1.807) is 0 Å². The van der Waals surface area contributed by atoms with Gasteiger partial charge in [0.05, 0.1) is 32.8 Å². The van der Waals surface area contributed by atoms with Crippen LogP contribution in [-0.2, 0) is 4.57 Å². The van der Waals surface area contributed by atoms with Gasteiger partial charge in [-0.15, -0.1) is 0 Å². The third kappa shape index (κ3) is 7.97. The lowest BCUT2D eigenvalue weighted by atomic mass is 10.1. The second-order valence-electron chi connectivity index (χ2n) is 4.95. The number of quaternary nitrogens is 1. The molecule has 0 bridgehead atoms. The molecule has 0 amide bonds. The SMILES string of the molecule is CC[N+](C)(CCC(C)C)CCP(=O)(O)O. The van der Waals surface area contributed by atoms with Crippen LogP contribution in [-0.4, -0.2) is 47.1 Å². The molecule has 0 aliphatic heterocycles. The van der Waals surface area contributed by atoms with E-state index in [0.717, 1.165) is 24.0 Å². The van der Waals surface area contributed by atoms with E-state index in [1.165, 1.54) is 0 Å². The standard InChI is InChI=1S/C10H24NO3P/c1-5-11(4,7-6-10(2)3)8-9-15(12,13)14/h10H,5-9H2,1-4H3,(H-,12,13,14)/p+1. The lowest BCUT2D eigenvalue weighted by Gasteiger charge is -2.34. The van der Waals surface area contributed by atoms with Crippen LogP contribution >= 0.6 is 7.60 Å². The fraction of sp³-hybridized carbons (Fsp3) is 1.00. The summed E-state index contributed by atoms with van der Waals surface area (Å²) < 4.78 is 11.6. The van der Waals surface area contributed by atoms with Gasteiger partial charge in [-0.2, -0.15) is 0 Å². The molecule has 0 aliphatic carbocycles. The molecular formula is C10H25NO3P+. The van der Waals surface area contributed by atoms with E-state index in [1.807, 2.05) is 0 Å². The molecule has 0 aliphatic rings. The Labute approximate surface area is 93.0 Å². The Kier molecular flexibility index (Phi) is 6.04. The highest BCUT2D eigenvalue weighted by Crippen LogP contribution is 2.34. The molecule has 0 spiro atoms. The summed E-state index contributed by atoms with van der Waals surface area (Å²) in [5.41, 5.74) is 0. The lowest BCUT2D eigenvalue weighted by molar-refractivity contribution is -0.906. The van der Waals surface area contributed by atoms with Crippen LogP contribution in [0.4, 0.5) is 0 Å².